The summed E-state index contributed by atoms with van der Waals surface area (Å²) in [5, 5.41) is 11.8. The fourth-order valence-electron chi connectivity index (χ4n) is 1.24. The Balaban J connectivity index is 2.39. The summed E-state index contributed by atoms with van der Waals surface area (Å²) < 4.78 is 5.19. The molecule has 1 unspecified atom stereocenters. The largest absolute Gasteiger partial charge is 0.388 e. The standard InChI is InChI=1S/C10H16O2S/c1-3-12-6-4-10(11)9-5-7-13-8(9)2/h5,7,10-11H,3-4,6H2,1-2H3. The van der Waals surface area contributed by atoms with Crippen LogP contribution in [0.5, 0.6) is 0 Å². The van der Waals surface area contributed by atoms with Crippen LogP contribution in [-0.2, 0) is 4.74 Å². The summed E-state index contributed by atoms with van der Waals surface area (Å²) in [6.07, 6.45) is 0.323. The first kappa shape index (κ1) is 10.7. The lowest BCUT2D eigenvalue weighted by Gasteiger charge is -2.09. The number of aliphatic hydroxyl groups is 1. The predicted octanol–water partition coefficient (Wildman–Crippen LogP) is 2.52. The Bertz CT molecular complexity index is 245. The molecule has 1 N–H and O–H groups in total. The SMILES string of the molecule is CCOCCC(O)c1ccsc1C. The number of hydrogen-bond acceptors (Lipinski definition) is 3. The summed E-state index contributed by atoms with van der Waals surface area (Å²) in [5.41, 5.74) is 1.05. The molecular formula is C10H16O2S. The number of thiophene rings is 1. The molecular weight excluding hydrogens is 184 g/mol. The third-order valence-corrected chi connectivity index (χ3v) is 2.86. The Morgan fingerprint density at radius 1 is 1.62 bits per heavy atom. The molecule has 1 heterocycles. The molecule has 3 heteroatoms. The van der Waals surface area contributed by atoms with Gasteiger partial charge in [-0.25, -0.2) is 0 Å². The normalized spacial score (nSPS) is 13.2. The van der Waals surface area contributed by atoms with Crippen LogP contribution in [0.4, 0.5) is 0 Å². The molecule has 1 atom stereocenters. The van der Waals surface area contributed by atoms with E-state index < -0.39 is 0 Å². The smallest absolute Gasteiger partial charge is 0.0822 e. The number of hydrogen-bond donors (Lipinski definition) is 1. The fraction of sp³-hybridized carbons (Fsp3) is 0.600. The molecule has 74 valence electrons. The van der Waals surface area contributed by atoms with Crippen molar-refractivity contribution in [3.63, 3.8) is 0 Å². The maximum atomic E-state index is 9.74. The lowest BCUT2D eigenvalue weighted by atomic mass is 10.1. The second-order valence-electron chi connectivity index (χ2n) is 2.93. The zero-order chi connectivity index (χ0) is 9.68. The third-order valence-electron chi connectivity index (χ3n) is 2.00. The van der Waals surface area contributed by atoms with E-state index in [1.54, 1.807) is 11.3 Å². The topological polar surface area (TPSA) is 29.5 Å². The van der Waals surface area contributed by atoms with E-state index in [-0.39, 0.29) is 6.10 Å². The van der Waals surface area contributed by atoms with Gasteiger partial charge >= 0.3 is 0 Å². The van der Waals surface area contributed by atoms with Crippen LogP contribution in [0.3, 0.4) is 0 Å². The molecule has 1 aromatic rings. The van der Waals surface area contributed by atoms with Crippen LogP contribution in [0.2, 0.25) is 0 Å². The molecule has 0 aliphatic heterocycles. The van der Waals surface area contributed by atoms with E-state index in [1.807, 2.05) is 25.3 Å². The minimum atomic E-state index is -0.363. The Morgan fingerprint density at radius 2 is 2.38 bits per heavy atom. The van der Waals surface area contributed by atoms with Crippen molar-refractivity contribution in [2.75, 3.05) is 13.2 Å². The summed E-state index contributed by atoms with van der Waals surface area (Å²) in [7, 11) is 0. The average Bonchev–Trinajstić information content (AvgIpc) is 2.52. The Kier molecular flexibility index (Phi) is 4.42. The first-order valence-corrected chi connectivity index (χ1v) is 5.43. The highest BCUT2D eigenvalue weighted by Gasteiger charge is 2.10. The van der Waals surface area contributed by atoms with Crippen molar-refractivity contribution in [2.45, 2.75) is 26.4 Å². The third kappa shape index (κ3) is 3.10. The number of aliphatic hydroxyl groups excluding tert-OH is 1. The first-order chi connectivity index (χ1) is 6.25. The maximum absolute atomic E-state index is 9.74. The van der Waals surface area contributed by atoms with Gasteiger partial charge < -0.3 is 9.84 Å². The van der Waals surface area contributed by atoms with E-state index in [2.05, 4.69) is 0 Å². The molecule has 0 aliphatic rings. The first-order valence-electron chi connectivity index (χ1n) is 4.55. The molecule has 1 aromatic heterocycles. The number of rotatable bonds is 5. The minimum absolute atomic E-state index is 0.363. The van der Waals surface area contributed by atoms with Gasteiger partial charge in [-0.15, -0.1) is 11.3 Å². The highest BCUT2D eigenvalue weighted by Crippen LogP contribution is 2.24. The van der Waals surface area contributed by atoms with Gasteiger partial charge in [-0.3, -0.25) is 0 Å². The molecule has 0 spiro atoms. The maximum Gasteiger partial charge on any atom is 0.0822 e. The summed E-state index contributed by atoms with van der Waals surface area (Å²) in [6, 6.07) is 1.98. The van der Waals surface area contributed by atoms with Gasteiger partial charge in [0.1, 0.15) is 0 Å². The van der Waals surface area contributed by atoms with Gasteiger partial charge in [0.2, 0.25) is 0 Å². The van der Waals surface area contributed by atoms with Gasteiger partial charge in [0, 0.05) is 24.5 Å². The summed E-state index contributed by atoms with van der Waals surface area (Å²) in [6.45, 7) is 5.34. The van der Waals surface area contributed by atoms with Crippen LogP contribution < -0.4 is 0 Å². The van der Waals surface area contributed by atoms with Crippen molar-refractivity contribution >= 4 is 11.3 Å². The molecule has 1 rings (SSSR count). The van der Waals surface area contributed by atoms with Gasteiger partial charge in [0.05, 0.1) is 6.10 Å². The molecule has 0 amide bonds. The molecule has 0 bridgehead atoms. The average molecular weight is 200 g/mol. The summed E-state index contributed by atoms with van der Waals surface area (Å²) in [4.78, 5) is 1.20. The van der Waals surface area contributed by atoms with Gasteiger partial charge in [-0.1, -0.05) is 0 Å². The molecule has 0 fully saturated rings. The van der Waals surface area contributed by atoms with Crippen LogP contribution >= 0.6 is 11.3 Å². The van der Waals surface area contributed by atoms with E-state index in [0.29, 0.717) is 13.0 Å². The number of aryl methyl sites for hydroxylation is 1. The Labute approximate surface area is 83.2 Å². The lowest BCUT2D eigenvalue weighted by molar-refractivity contribution is 0.0885. The van der Waals surface area contributed by atoms with E-state index >= 15 is 0 Å². The number of ether oxygens (including phenoxy) is 1. The lowest BCUT2D eigenvalue weighted by Crippen LogP contribution is -2.03. The minimum Gasteiger partial charge on any atom is -0.388 e. The molecule has 0 saturated carbocycles. The van der Waals surface area contributed by atoms with E-state index in [1.165, 1.54) is 4.88 Å². The second-order valence-corrected chi connectivity index (χ2v) is 4.05. The van der Waals surface area contributed by atoms with Gasteiger partial charge in [0.25, 0.3) is 0 Å². The van der Waals surface area contributed by atoms with Gasteiger partial charge in [0.15, 0.2) is 0 Å². The van der Waals surface area contributed by atoms with Crippen molar-refractivity contribution in [3.05, 3.63) is 21.9 Å². The summed E-state index contributed by atoms with van der Waals surface area (Å²) in [5.74, 6) is 0. The highest BCUT2D eigenvalue weighted by molar-refractivity contribution is 7.10. The van der Waals surface area contributed by atoms with Crippen molar-refractivity contribution in [3.8, 4) is 0 Å². The van der Waals surface area contributed by atoms with Crippen LogP contribution in [0.25, 0.3) is 0 Å². The highest BCUT2D eigenvalue weighted by atomic mass is 32.1. The van der Waals surface area contributed by atoms with Crippen LogP contribution in [0, 0.1) is 6.92 Å². The molecule has 0 aliphatic carbocycles. The van der Waals surface area contributed by atoms with Crippen LogP contribution in [0.15, 0.2) is 11.4 Å². The Hall–Kier alpha value is -0.380. The molecule has 2 nitrogen and oxygen atoms in total. The van der Waals surface area contributed by atoms with Crippen molar-refractivity contribution in [2.24, 2.45) is 0 Å². The van der Waals surface area contributed by atoms with Crippen molar-refractivity contribution in [1.82, 2.24) is 0 Å². The molecule has 0 saturated heterocycles. The quantitative estimate of drug-likeness (QED) is 0.740. The predicted molar refractivity (Wildman–Crippen MR) is 55.1 cm³/mol. The van der Waals surface area contributed by atoms with E-state index in [0.717, 1.165) is 12.2 Å². The van der Waals surface area contributed by atoms with E-state index in [4.69, 9.17) is 4.74 Å². The Morgan fingerprint density at radius 3 is 2.92 bits per heavy atom. The van der Waals surface area contributed by atoms with Crippen molar-refractivity contribution in [1.29, 1.82) is 0 Å². The fourth-order valence-corrected chi connectivity index (χ4v) is 1.99. The van der Waals surface area contributed by atoms with Crippen LogP contribution in [0.1, 0.15) is 29.9 Å². The zero-order valence-corrected chi connectivity index (χ0v) is 8.93. The monoisotopic (exact) mass is 200 g/mol. The van der Waals surface area contributed by atoms with Crippen LogP contribution in [-0.4, -0.2) is 18.3 Å². The molecule has 0 radical (unpaired) electrons. The van der Waals surface area contributed by atoms with Crippen molar-refractivity contribution < 1.29 is 9.84 Å². The van der Waals surface area contributed by atoms with Gasteiger partial charge in [-0.2, -0.15) is 0 Å². The second kappa shape index (κ2) is 5.37. The molecule has 13 heavy (non-hydrogen) atoms. The zero-order valence-electron chi connectivity index (χ0n) is 8.12. The molecule has 0 aromatic carbocycles. The van der Waals surface area contributed by atoms with Gasteiger partial charge in [-0.05, 0) is 30.9 Å². The summed E-state index contributed by atoms with van der Waals surface area (Å²) >= 11 is 1.67. The van der Waals surface area contributed by atoms with E-state index in [9.17, 15) is 5.11 Å².